The van der Waals surface area contributed by atoms with Gasteiger partial charge >= 0.3 is 0 Å². The predicted octanol–water partition coefficient (Wildman–Crippen LogP) is -1.50. The molecule has 15 heavy (non-hydrogen) atoms. The molecule has 0 aromatic rings. The van der Waals surface area contributed by atoms with Crippen LogP contribution >= 0.6 is 0 Å². The van der Waals surface area contributed by atoms with E-state index in [1.54, 1.807) is 0 Å². The minimum absolute atomic E-state index is 0.418. The van der Waals surface area contributed by atoms with Gasteiger partial charge in [0.05, 0.1) is 5.25 Å². The van der Waals surface area contributed by atoms with Crippen molar-refractivity contribution in [2.24, 2.45) is 5.73 Å². The Balaban J connectivity index is 2.40. The summed E-state index contributed by atoms with van der Waals surface area (Å²) in [6.45, 7) is 0.366. The van der Waals surface area contributed by atoms with Gasteiger partial charge in [-0.05, 0) is 12.8 Å². The van der Waals surface area contributed by atoms with E-state index < -0.39 is 27.8 Å². The maximum atomic E-state index is 11.5. The number of hydrogen-bond donors (Lipinski definition) is 2. The Morgan fingerprint density at radius 2 is 2.07 bits per heavy atom. The monoisotopic (exact) mass is 238 g/mol. The van der Waals surface area contributed by atoms with Crippen LogP contribution in [-0.2, 0) is 24.4 Å². The fourth-order valence-corrected chi connectivity index (χ4v) is 2.41. The van der Waals surface area contributed by atoms with Gasteiger partial charge in [0.25, 0.3) is 0 Å². The SMILES string of the molecule is NC(=O)CONS(=O)(=O)C1CCOCC1. The summed E-state index contributed by atoms with van der Waals surface area (Å²) in [7, 11) is -3.54. The van der Waals surface area contributed by atoms with Crippen molar-refractivity contribution in [2.75, 3.05) is 19.8 Å². The van der Waals surface area contributed by atoms with E-state index in [-0.39, 0.29) is 0 Å². The van der Waals surface area contributed by atoms with Crippen molar-refractivity contribution in [1.29, 1.82) is 0 Å². The number of sulfonamides is 1. The van der Waals surface area contributed by atoms with Crippen LogP contribution in [0.1, 0.15) is 12.8 Å². The molecule has 3 N–H and O–H groups in total. The quantitative estimate of drug-likeness (QED) is 0.567. The van der Waals surface area contributed by atoms with Crippen LogP contribution in [0.3, 0.4) is 0 Å². The number of carbonyl (C=O) groups is 1. The minimum Gasteiger partial charge on any atom is -0.381 e. The van der Waals surface area contributed by atoms with E-state index in [0.717, 1.165) is 0 Å². The highest BCUT2D eigenvalue weighted by atomic mass is 32.2. The number of nitrogens with one attached hydrogen (secondary N) is 1. The molecule has 88 valence electrons. The second-order valence-electron chi connectivity index (χ2n) is 3.20. The molecule has 0 aliphatic carbocycles. The summed E-state index contributed by atoms with van der Waals surface area (Å²) in [5, 5.41) is -0.529. The van der Waals surface area contributed by atoms with Crippen LogP contribution in [0, 0.1) is 0 Å². The van der Waals surface area contributed by atoms with Gasteiger partial charge in [-0.25, -0.2) is 8.42 Å². The summed E-state index contributed by atoms with van der Waals surface area (Å²) in [6, 6.07) is 0. The first-order valence-corrected chi connectivity index (χ1v) is 6.05. The molecule has 1 aliphatic heterocycles. The molecule has 1 fully saturated rings. The van der Waals surface area contributed by atoms with Crippen LogP contribution in [0.4, 0.5) is 0 Å². The number of hydrogen-bond acceptors (Lipinski definition) is 5. The van der Waals surface area contributed by atoms with E-state index in [9.17, 15) is 13.2 Å². The number of amides is 1. The fraction of sp³-hybridized carbons (Fsp3) is 0.857. The molecule has 0 unspecified atom stereocenters. The van der Waals surface area contributed by atoms with Crippen molar-refractivity contribution in [2.45, 2.75) is 18.1 Å². The molecule has 0 saturated carbocycles. The standard InChI is InChI=1S/C7H14N2O5S/c8-7(10)5-14-9-15(11,12)6-1-3-13-4-2-6/h6,9H,1-5H2,(H2,8,10). The summed E-state index contributed by atoms with van der Waals surface area (Å²) < 4.78 is 28.1. The van der Waals surface area contributed by atoms with Gasteiger partial charge in [-0.2, -0.15) is 0 Å². The zero-order valence-corrected chi connectivity index (χ0v) is 8.96. The number of carbonyl (C=O) groups excluding carboxylic acids is 1. The third kappa shape index (κ3) is 4.12. The Labute approximate surface area is 87.9 Å². The molecule has 1 saturated heterocycles. The van der Waals surface area contributed by atoms with Crippen LogP contribution in [0.5, 0.6) is 0 Å². The lowest BCUT2D eigenvalue weighted by Gasteiger charge is -2.21. The Morgan fingerprint density at radius 1 is 1.47 bits per heavy atom. The number of primary amides is 1. The zero-order valence-electron chi connectivity index (χ0n) is 8.14. The van der Waals surface area contributed by atoms with E-state index in [1.807, 2.05) is 4.89 Å². The molecule has 7 nitrogen and oxygen atoms in total. The van der Waals surface area contributed by atoms with Gasteiger partial charge in [-0.15, -0.1) is 0 Å². The molecule has 8 heteroatoms. The maximum Gasteiger partial charge on any atom is 0.245 e. The summed E-state index contributed by atoms with van der Waals surface area (Å²) in [5.74, 6) is -0.732. The van der Waals surface area contributed by atoms with E-state index in [4.69, 9.17) is 10.5 Å². The molecular weight excluding hydrogens is 224 g/mol. The van der Waals surface area contributed by atoms with Crippen molar-refractivity contribution in [3.63, 3.8) is 0 Å². The number of rotatable bonds is 5. The number of ether oxygens (including phenoxy) is 1. The smallest absolute Gasteiger partial charge is 0.245 e. The summed E-state index contributed by atoms with van der Waals surface area (Å²) in [6.07, 6.45) is 0.852. The number of nitrogens with two attached hydrogens (primary N) is 1. The first kappa shape index (κ1) is 12.4. The molecule has 1 heterocycles. The molecular formula is C7H14N2O5S. The highest BCUT2D eigenvalue weighted by Crippen LogP contribution is 2.14. The van der Waals surface area contributed by atoms with Crippen molar-refractivity contribution < 1.29 is 22.8 Å². The molecule has 1 amide bonds. The van der Waals surface area contributed by atoms with E-state index in [2.05, 4.69) is 4.84 Å². The predicted molar refractivity (Wildman–Crippen MR) is 51.0 cm³/mol. The molecule has 0 bridgehead atoms. The minimum atomic E-state index is -3.54. The molecule has 0 aromatic heterocycles. The lowest BCUT2D eigenvalue weighted by Crippen LogP contribution is -2.39. The van der Waals surface area contributed by atoms with Gasteiger partial charge in [-0.1, -0.05) is 4.89 Å². The second-order valence-corrected chi connectivity index (χ2v) is 5.12. The van der Waals surface area contributed by atoms with Crippen LogP contribution in [-0.4, -0.2) is 39.4 Å². The zero-order chi connectivity index (χ0) is 11.3. The van der Waals surface area contributed by atoms with Crippen LogP contribution in [0.25, 0.3) is 0 Å². The van der Waals surface area contributed by atoms with Gasteiger partial charge < -0.3 is 10.5 Å². The average molecular weight is 238 g/mol. The molecule has 0 atom stereocenters. The summed E-state index contributed by atoms with van der Waals surface area (Å²) in [4.78, 5) is 16.6. The van der Waals surface area contributed by atoms with E-state index >= 15 is 0 Å². The van der Waals surface area contributed by atoms with Crippen LogP contribution in [0.15, 0.2) is 0 Å². The van der Waals surface area contributed by atoms with E-state index in [1.165, 1.54) is 0 Å². The van der Waals surface area contributed by atoms with Crippen molar-refractivity contribution in [1.82, 2.24) is 4.89 Å². The molecule has 1 aliphatic rings. The van der Waals surface area contributed by atoms with Gasteiger partial charge in [0.15, 0.2) is 0 Å². The lowest BCUT2D eigenvalue weighted by atomic mass is 10.2. The van der Waals surface area contributed by atoms with Gasteiger partial charge in [0.1, 0.15) is 6.61 Å². The topological polar surface area (TPSA) is 108 Å². The highest BCUT2D eigenvalue weighted by Gasteiger charge is 2.27. The lowest BCUT2D eigenvalue weighted by molar-refractivity contribution is -0.123. The Morgan fingerprint density at radius 3 is 2.60 bits per heavy atom. The van der Waals surface area contributed by atoms with Crippen LogP contribution in [0.2, 0.25) is 0 Å². The third-order valence-electron chi connectivity index (χ3n) is 2.00. The summed E-state index contributed by atoms with van der Waals surface area (Å²) in [5.41, 5.74) is 4.78. The Bertz CT molecular complexity index is 309. The first-order chi connectivity index (χ1) is 7.02. The average Bonchev–Trinajstić information content (AvgIpc) is 2.18. The third-order valence-corrected chi connectivity index (χ3v) is 3.70. The first-order valence-electron chi connectivity index (χ1n) is 4.51. The van der Waals surface area contributed by atoms with Crippen molar-refractivity contribution >= 4 is 15.9 Å². The molecule has 0 spiro atoms. The molecule has 1 rings (SSSR count). The molecule has 0 radical (unpaired) electrons. The second kappa shape index (κ2) is 5.40. The van der Waals surface area contributed by atoms with Gasteiger partial charge in [0, 0.05) is 13.2 Å². The Kier molecular flexibility index (Phi) is 4.45. The van der Waals surface area contributed by atoms with Crippen LogP contribution < -0.4 is 10.6 Å². The maximum absolute atomic E-state index is 11.5. The van der Waals surface area contributed by atoms with Gasteiger partial charge in [-0.3, -0.25) is 9.63 Å². The summed E-state index contributed by atoms with van der Waals surface area (Å²) >= 11 is 0. The highest BCUT2D eigenvalue weighted by molar-refractivity contribution is 7.89. The van der Waals surface area contributed by atoms with E-state index in [0.29, 0.717) is 26.1 Å². The van der Waals surface area contributed by atoms with Crippen molar-refractivity contribution in [3.05, 3.63) is 0 Å². The normalized spacial score (nSPS) is 18.9. The fourth-order valence-electron chi connectivity index (χ4n) is 1.24. The largest absolute Gasteiger partial charge is 0.381 e. The Hall–Kier alpha value is -0.700. The van der Waals surface area contributed by atoms with Gasteiger partial charge in [0.2, 0.25) is 15.9 Å². The molecule has 0 aromatic carbocycles. The van der Waals surface area contributed by atoms with Crippen molar-refractivity contribution in [3.8, 4) is 0 Å².